The third-order valence-corrected chi connectivity index (χ3v) is 1.53. The molecule has 2 amide bonds. The molecule has 0 bridgehead atoms. The topological polar surface area (TPSA) is 101 Å². The lowest BCUT2D eigenvalue weighted by molar-refractivity contribution is -0.121. The molecule has 0 aromatic heterocycles. The van der Waals surface area contributed by atoms with Crippen LogP contribution < -0.4 is 17.0 Å². The minimum atomic E-state index is -0.370. The smallest absolute Gasteiger partial charge is 0.233 e. The van der Waals surface area contributed by atoms with Gasteiger partial charge in [0.05, 0.1) is 6.54 Å². The Bertz CT molecular complexity index is 183. The number of nitrogens with zero attached hydrogens (tertiary/aromatic N) is 1. The molecule has 0 radical (unpaired) electrons. The first-order valence-corrected chi connectivity index (χ1v) is 4.02. The van der Waals surface area contributed by atoms with Gasteiger partial charge in [0.15, 0.2) is 0 Å². The number of rotatable bonds is 6. The van der Waals surface area contributed by atoms with Crippen molar-refractivity contribution >= 4 is 11.8 Å². The van der Waals surface area contributed by atoms with Gasteiger partial charge in [-0.15, -0.1) is 0 Å². The average Bonchev–Trinajstić information content (AvgIpc) is 2.02. The molecule has 0 atom stereocenters. The van der Waals surface area contributed by atoms with Gasteiger partial charge in [-0.2, -0.15) is 0 Å². The molecule has 0 aromatic carbocycles. The Kier molecular flexibility index (Phi) is 5.82. The Morgan fingerprint density at radius 3 is 2.54 bits per heavy atom. The van der Waals surface area contributed by atoms with E-state index in [0.717, 1.165) is 0 Å². The summed E-state index contributed by atoms with van der Waals surface area (Å²) in [7, 11) is 1.77. The van der Waals surface area contributed by atoms with Gasteiger partial charge in [0.25, 0.3) is 0 Å². The lowest BCUT2D eigenvalue weighted by atomic mass is 10.3. The first-order valence-electron chi connectivity index (χ1n) is 4.02. The molecule has 76 valence electrons. The third kappa shape index (κ3) is 7.23. The van der Waals surface area contributed by atoms with Crippen molar-refractivity contribution in [1.29, 1.82) is 0 Å². The van der Waals surface area contributed by atoms with E-state index in [4.69, 9.17) is 11.6 Å². The van der Waals surface area contributed by atoms with Crippen molar-refractivity contribution in [3.8, 4) is 0 Å². The molecule has 13 heavy (non-hydrogen) atoms. The Labute approximate surface area is 77.2 Å². The van der Waals surface area contributed by atoms with Crippen LogP contribution in [0.1, 0.15) is 12.8 Å². The third-order valence-electron chi connectivity index (χ3n) is 1.53. The van der Waals surface area contributed by atoms with Gasteiger partial charge in [-0.1, -0.05) is 0 Å². The lowest BCUT2D eigenvalue weighted by Crippen LogP contribution is -2.33. The highest BCUT2D eigenvalue weighted by Crippen LogP contribution is 1.91. The number of carbonyl (C=O) groups is 2. The number of hydrazine groups is 1. The molecule has 0 fully saturated rings. The van der Waals surface area contributed by atoms with E-state index in [-0.39, 0.29) is 18.4 Å². The molecule has 0 aliphatic rings. The summed E-state index contributed by atoms with van der Waals surface area (Å²) in [4.78, 5) is 22.9. The summed E-state index contributed by atoms with van der Waals surface area (Å²) in [5.74, 6) is 4.31. The molecule has 0 unspecified atom stereocenters. The quantitative estimate of drug-likeness (QED) is 0.259. The van der Waals surface area contributed by atoms with Crippen molar-refractivity contribution in [1.82, 2.24) is 10.3 Å². The fourth-order valence-electron chi connectivity index (χ4n) is 0.927. The van der Waals surface area contributed by atoms with E-state index in [1.165, 1.54) is 0 Å². The lowest BCUT2D eigenvalue weighted by Gasteiger charge is -2.13. The van der Waals surface area contributed by atoms with E-state index >= 15 is 0 Å². The predicted octanol–water partition coefficient (Wildman–Crippen LogP) is -1.83. The van der Waals surface area contributed by atoms with Crippen molar-refractivity contribution in [3.05, 3.63) is 0 Å². The van der Waals surface area contributed by atoms with Gasteiger partial charge in [0.1, 0.15) is 0 Å². The number of carbonyl (C=O) groups excluding carboxylic acids is 2. The minimum Gasteiger partial charge on any atom is -0.369 e. The number of primary amides is 1. The van der Waals surface area contributed by atoms with E-state index in [0.29, 0.717) is 19.4 Å². The second kappa shape index (κ2) is 6.38. The number of amides is 2. The maximum Gasteiger partial charge on any atom is 0.233 e. The van der Waals surface area contributed by atoms with E-state index in [2.05, 4.69) is 0 Å². The molecular weight excluding hydrogens is 172 g/mol. The van der Waals surface area contributed by atoms with E-state index in [9.17, 15) is 9.59 Å². The van der Waals surface area contributed by atoms with Crippen LogP contribution in [0.4, 0.5) is 0 Å². The number of hydrogen-bond acceptors (Lipinski definition) is 4. The fourth-order valence-corrected chi connectivity index (χ4v) is 0.927. The van der Waals surface area contributed by atoms with E-state index in [1.54, 1.807) is 11.9 Å². The van der Waals surface area contributed by atoms with Gasteiger partial charge in [-0.25, -0.2) is 5.84 Å². The average molecular weight is 188 g/mol. The normalized spacial score (nSPS) is 10.1. The van der Waals surface area contributed by atoms with Crippen LogP contribution >= 0.6 is 0 Å². The zero-order valence-electron chi connectivity index (χ0n) is 7.75. The van der Waals surface area contributed by atoms with Gasteiger partial charge in [-0.05, 0) is 20.0 Å². The fraction of sp³-hybridized carbons (Fsp3) is 0.714. The molecule has 0 rings (SSSR count). The molecule has 0 aliphatic carbocycles. The molecule has 0 saturated heterocycles. The summed E-state index contributed by atoms with van der Waals surface area (Å²) < 4.78 is 0. The Hall–Kier alpha value is -1.14. The second-order valence-electron chi connectivity index (χ2n) is 2.88. The van der Waals surface area contributed by atoms with Crippen LogP contribution in [0, 0.1) is 0 Å². The van der Waals surface area contributed by atoms with Gasteiger partial charge in [-0.3, -0.25) is 19.9 Å². The van der Waals surface area contributed by atoms with Crippen LogP contribution in [0.25, 0.3) is 0 Å². The summed E-state index contributed by atoms with van der Waals surface area (Å²) in [5.41, 5.74) is 7.00. The number of nitrogens with two attached hydrogens (primary N) is 2. The Balaban J connectivity index is 3.42. The van der Waals surface area contributed by atoms with Crippen LogP contribution in [-0.4, -0.2) is 36.9 Å². The SMILES string of the molecule is CN(CCCC(=O)NN)CC(N)=O. The maximum atomic E-state index is 10.7. The Morgan fingerprint density at radius 1 is 1.46 bits per heavy atom. The summed E-state index contributed by atoms with van der Waals surface area (Å²) >= 11 is 0. The van der Waals surface area contributed by atoms with Crippen LogP contribution in [0.15, 0.2) is 0 Å². The van der Waals surface area contributed by atoms with Crippen LogP contribution in [0.2, 0.25) is 0 Å². The second-order valence-corrected chi connectivity index (χ2v) is 2.88. The Morgan fingerprint density at radius 2 is 2.08 bits per heavy atom. The molecule has 6 heteroatoms. The summed E-state index contributed by atoms with van der Waals surface area (Å²) in [6, 6.07) is 0. The summed E-state index contributed by atoms with van der Waals surface area (Å²) in [6.07, 6.45) is 1.02. The van der Waals surface area contributed by atoms with Crippen molar-refractivity contribution in [3.63, 3.8) is 0 Å². The predicted molar refractivity (Wildman–Crippen MR) is 48.3 cm³/mol. The summed E-state index contributed by atoms with van der Waals surface area (Å²) in [6.45, 7) is 0.862. The van der Waals surface area contributed by atoms with Crippen LogP contribution in [0.5, 0.6) is 0 Å². The number of likely N-dealkylation sites (N-methyl/N-ethyl adjacent to an activating group) is 1. The van der Waals surface area contributed by atoms with Crippen LogP contribution in [0.3, 0.4) is 0 Å². The van der Waals surface area contributed by atoms with E-state index in [1.807, 2.05) is 5.43 Å². The van der Waals surface area contributed by atoms with Crippen molar-refractivity contribution in [2.45, 2.75) is 12.8 Å². The van der Waals surface area contributed by atoms with Gasteiger partial charge < -0.3 is 5.73 Å². The van der Waals surface area contributed by atoms with Crippen molar-refractivity contribution < 1.29 is 9.59 Å². The molecular formula is C7H16N4O2. The highest BCUT2D eigenvalue weighted by molar-refractivity contribution is 5.76. The van der Waals surface area contributed by atoms with E-state index < -0.39 is 0 Å². The van der Waals surface area contributed by atoms with Crippen LogP contribution in [-0.2, 0) is 9.59 Å². The minimum absolute atomic E-state index is 0.201. The monoisotopic (exact) mass is 188 g/mol. The van der Waals surface area contributed by atoms with Gasteiger partial charge >= 0.3 is 0 Å². The van der Waals surface area contributed by atoms with Crippen molar-refractivity contribution in [2.75, 3.05) is 20.1 Å². The molecule has 0 heterocycles. The highest BCUT2D eigenvalue weighted by Gasteiger charge is 2.03. The molecule has 0 aliphatic heterocycles. The largest absolute Gasteiger partial charge is 0.369 e. The molecule has 0 aromatic rings. The first kappa shape index (κ1) is 11.9. The summed E-state index contributed by atoms with van der Waals surface area (Å²) in [5, 5.41) is 0. The molecule has 6 nitrogen and oxygen atoms in total. The number of nitrogens with one attached hydrogen (secondary N) is 1. The van der Waals surface area contributed by atoms with Crippen molar-refractivity contribution in [2.24, 2.45) is 11.6 Å². The molecule has 5 N–H and O–H groups in total. The zero-order chi connectivity index (χ0) is 10.3. The number of hydrogen-bond donors (Lipinski definition) is 3. The highest BCUT2D eigenvalue weighted by atomic mass is 16.2. The van der Waals surface area contributed by atoms with Gasteiger partial charge in [0.2, 0.25) is 11.8 Å². The molecule has 0 spiro atoms. The molecule has 0 saturated carbocycles. The zero-order valence-corrected chi connectivity index (χ0v) is 7.75. The first-order chi connectivity index (χ1) is 6.06. The standard InChI is InChI=1S/C7H16N4O2/c1-11(5-6(8)12)4-2-3-7(13)10-9/h2-5,9H2,1H3,(H2,8,12)(H,10,13). The van der Waals surface area contributed by atoms with Gasteiger partial charge in [0, 0.05) is 6.42 Å². The maximum absolute atomic E-state index is 10.7.